The van der Waals surface area contributed by atoms with Gasteiger partial charge in [0.15, 0.2) is 6.61 Å². The number of nitrogens with zero attached hydrogens (tertiary/aromatic N) is 1. The van der Waals surface area contributed by atoms with Gasteiger partial charge < -0.3 is 14.8 Å². The Morgan fingerprint density at radius 1 is 1.07 bits per heavy atom. The zero-order chi connectivity index (χ0) is 19.6. The van der Waals surface area contributed by atoms with Crippen molar-refractivity contribution in [1.29, 1.82) is 0 Å². The molecule has 0 radical (unpaired) electrons. The van der Waals surface area contributed by atoms with Gasteiger partial charge in [0.1, 0.15) is 5.75 Å². The zero-order valence-corrected chi connectivity index (χ0v) is 14.8. The van der Waals surface area contributed by atoms with Crippen LogP contribution in [0.2, 0.25) is 0 Å². The highest BCUT2D eigenvalue weighted by Gasteiger charge is 2.09. The number of hydrogen-bond acceptors (Lipinski definition) is 6. The van der Waals surface area contributed by atoms with E-state index in [4.69, 9.17) is 9.47 Å². The van der Waals surface area contributed by atoms with Gasteiger partial charge in [-0.25, -0.2) is 4.79 Å². The fraction of sp³-hybridized carbons (Fsp3) is 0.263. The molecule has 0 aliphatic heterocycles. The second-order valence-electron chi connectivity index (χ2n) is 5.65. The van der Waals surface area contributed by atoms with Crippen molar-refractivity contribution >= 4 is 23.3 Å². The maximum Gasteiger partial charge on any atom is 0.338 e. The minimum atomic E-state index is -0.514. The summed E-state index contributed by atoms with van der Waals surface area (Å²) in [5.41, 5.74) is 0.865. The Morgan fingerprint density at radius 3 is 2.33 bits per heavy atom. The summed E-state index contributed by atoms with van der Waals surface area (Å²) >= 11 is 0. The number of amides is 1. The number of nitro benzene ring substituents is 1. The van der Waals surface area contributed by atoms with E-state index in [-0.39, 0.29) is 12.3 Å². The number of rotatable bonds is 9. The molecule has 27 heavy (non-hydrogen) atoms. The molecule has 0 aromatic heterocycles. The standard InChI is InChI=1S/C19H20N2O6/c1-2-3-12-26-19(23)14-4-6-15(7-5-14)20-18(22)13-27-17-10-8-16(9-11-17)21(24)25/h4-11H,2-3,12-13H2,1H3,(H,20,22). The van der Waals surface area contributed by atoms with Crippen LogP contribution < -0.4 is 10.1 Å². The molecule has 0 heterocycles. The first-order valence-corrected chi connectivity index (χ1v) is 8.44. The van der Waals surface area contributed by atoms with E-state index in [1.54, 1.807) is 24.3 Å². The molecule has 0 saturated carbocycles. The Labute approximate surface area is 156 Å². The Bertz CT molecular complexity index is 787. The van der Waals surface area contributed by atoms with Gasteiger partial charge in [0, 0.05) is 17.8 Å². The predicted octanol–water partition coefficient (Wildman–Crippen LogP) is 3.57. The minimum Gasteiger partial charge on any atom is -0.484 e. The lowest BCUT2D eigenvalue weighted by Gasteiger charge is -2.08. The summed E-state index contributed by atoms with van der Waals surface area (Å²) < 4.78 is 10.4. The number of carbonyl (C=O) groups excluding carboxylic acids is 2. The summed E-state index contributed by atoms with van der Waals surface area (Å²) in [6, 6.07) is 11.8. The molecule has 2 aromatic carbocycles. The highest BCUT2D eigenvalue weighted by atomic mass is 16.6. The first kappa shape index (κ1) is 19.9. The average Bonchev–Trinajstić information content (AvgIpc) is 2.67. The van der Waals surface area contributed by atoms with Crippen LogP contribution in [-0.2, 0) is 9.53 Å². The van der Waals surface area contributed by atoms with Gasteiger partial charge in [0.25, 0.3) is 11.6 Å². The quantitative estimate of drug-likeness (QED) is 0.312. The van der Waals surface area contributed by atoms with E-state index >= 15 is 0 Å². The van der Waals surface area contributed by atoms with Gasteiger partial charge in [0.2, 0.25) is 0 Å². The Hall–Kier alpha value is -3.42. The molecule has 0 aliphatic carbocycles. The fourth-order valence-corrected chi connectivity index (χ4v) is 2.09. The first-order valence-electron chi connectivity index (χ1n) is 8.44. The van der Waals surface area contributed by atoms with E-state index in [0.717, 1.165) is 12.8 Å². The number of nitro groups is 1. The van der Waals surface area contributed by atoms with Gasteiger partial charge in [-0.3, -0.25) is 14.9 Å². The Balaban J connectivity index is 1.81. The van der Waals surface area contributed by atoms with Crippen LogP contribution in [0.4, 0.5) is 11.4 Å². The minimum absolute atomic E-state index is 0.0555. The zero-order valence-electron chi connectivity index (χ0n) is 14.8. The number of esters is 1. The van der Waals surface area contributed by atoms with Crippen molar-refractivity contribution in [3.8, 4) is 5.75 Å². The topological polar surface area (TPSA) is 108 Å². The van der Waals surface area contributed by atoms with Crippen molar-refractivity contribution < 1.29 is 24.0 Å². The van der Waals surface area contributed by atoms with Crippen molar-refractivity contribution in [2.24, 2.45) is 0 Å². The molecule has 2 aromatic rings. The number of nitrogens with one attached hydrogen (secondary N) is 1. The molecule has 1 N–H and O–H groups in total. The van der Waals surface area contributed by atoms with E-state index in [2.05, 4.69) is 5.32 Å². The molecular formula is C19H20N2O6. The molecule has 1 amide bonds. The van der Waals surface area contributed by atoms with E-state index in [1.807, 2.05) is 6.92 Å². The summed E-state index contributed by atoms with van der Waals surface area (Å²) in [7, 11) is 0. The highest BCUT2D eigenvalue weighted by Crippen LogP contribution is 2.17. The molecule has 0 unspecified atom stereocenters. The van der Waals surface area contributed by atoms with Crippen LogP contribution in [0, 0.1) is 10.1 Å². The van der Waals surface area contributed by atoms with Crippen LogP contribution in [0.3, 0.4) is 0 Å². The van der Waals surface area contributed by atoms with Crippen LogP contribution in [0.15, 0.2) is 48.5 Å². The van der Waals surface area contributed by atoms with Gasteiger partial charge in [0.05, 0.1) is 17.1 Å². The Kier molecular flexibility index (Phi) is 7.30. The average molecular weight is 372 g/mol. The number of non-ortho nitro benzene ring substituents is 1. The van der Waals surface area contributed by atoms with E-state index < -0.39 is 16.8 Å². The predicted molar refractivity (Wildman–Crippen MR) is 98.9 cm³/mol. The normalized spacial score (nSPS) is 10.1. The molecule has 142 valence electrons. The number of unbranched alkanes of at least 4 members (excludes halogenated alkanes) is 1. The first-order chi connectivity index (χ1) is 13.0. The molecule has 0 spiro atoms. The summed E-state index contributed by atoms with van der Waals surface area (Å²) in [6.45, 7) is 2.14. The summed E-state index contributed by atoms with van der Waals surface area (Å²) in [5, 5.41) is 13.2. The molecule has 0 saturated heterocycles. The smallest absolute Gasteiger partial charge is 0.338 e. The van der Waals surface area contributed by atoms with Crippen LogP contribution >= 0.6 is 0 Å². The summed E-state index contributed by atoms with van der Waals surface area (Å²) in [6.07, 6.45) is 1.76. The van der Waals surface area contributed by atoms with Crippen molar-refractivity contribution in [3.63, 3.8) is 0 Å². The summed E-state index contributed by atoms with van der Waals surface area (Å²) in [5.74, 6) is -0.449. The van der Waals surface area contributed by atoms with E-state index in [0.29, 0.717) is 23.6 Å². The highest BCUT2D eigenvalue weighted by molar-refractivity contribution is 5.93. The monoisotopic (exact) mass is 372 g/mol. The second-order valence-corrected chi connectivity index (χ2v) is 5.65. The molecule has 0 bridgehead atoms. The SMILES string of the molecule is CCCCOC(=O)c1ccc(NC(=O)COc2ccc([N+](=O)[O-])cc2)cc1. The van der Waals surface area contributed by atoms with Crippen molar-refractivity contribution in [2.75, 3.05) is 18.5 Å². The van der Waals surface area contributed by atoms with E-state index in [1.165, 1.54) is 24.3 Å². The lowest BCUT2D eigenvalue weighted by atomic mass is 10.2. The molecule has 8 nitrogen and oxygen atoms in total. The molecule has 0 fully saturated rings. The van der Waals surface area contributed by atoms with Gasteiger partial charge in [-0.1, -0.05) is 13.3 Å². The van der Waals surface area contributed by atoms with Crippen molar-refractivity contribution in [2.45, 2.75) is 19.8 Å². The van der Waals surface area contributed by atoms with Crippen molar-refractivity contribution in [1.82, 2.24) is 0 Å². The number of hydrogen-bond donors (Lipinski definition) is 1. The van der Waals surface area contributed by atoms with Crippen LogP contribution in [0.5, 0.6) is 5.75 Å². The van der Waals surface area contributed by atoms with E-state index in [9.17, 15) is 19.7 Å². The third-order valence-electron chi connectivity index (χ3n) is 3.55. The van der Waals surface area contributed by atoms with Crippen LogP contribution in [0.25, 0.3) is 0 Å². The maximum atomic E-state index is 11.9. The molecular weight excluding hydrogens is 352 g/mol. The number of carbonyl (C=O) groups is 2. The lowest BCUT2D eigenvalue weighted by molar-refractivity contribution is -0.384. The third-order valence-corrected chi connectivity index (χ3v) is 3.55. The molecule has 0 atom stereocenters. The van der Waals surface area contributed by atoms with Gasteiger partial charge in [-0.05, 0) is 42.8 Å². The third kappa shape index (κ3) is 6.43. The Morgan fingerprint density at radius 2 is 1.74 bits per heavy atom. The molecule has 8 heteroatoms. The lowest BCUT2D eigenvalue weighted by Crippen LogP contribution is -2.20. The van der Waals surface area contributed by atoms with Gasteiger partial charge in [-0.2, -0.15) is 0 Å². The van der Waals surface area contributed by atoms with Crippen molar-refractivity contribution in [3.05, 3.63) is 64.2 Å². The molecule has 2 rings (SSSR count). The summed E-state index contributed by atoms with van der Waals surface area (Å²) in [4.78, 5) is 33.8. The second kappa shape index (κ2) is 9.91. The van der Waals surface area contributed by atoms with Gasteiger partial charge >= 0.3 is 5.97 Å². The number of benzene rings is 2. The molecule has 0 aliphatic rings. The van der Waals surface area contributed by atoms with Crippen LogP contribution in [0.1, 0.15) is 30.1 Å². The maximum absolute atomic E-state index is 11.9. The largest absolute Gasteiger partial charge is 0.484 e. The fourth-order valence-electron chi connectivity index (χ4n) is 2.09. The van der Waals surface area contributed by atoms with Crippen LogP contribution in [-0.4, -0.2) is 30.0 Å². The van der Waals surface area contributed by atoms with Gasteiger partial charge in [-0.15, -0.1) is 0 Å². The number of anilines is 1. The number of ether oxygens (including phenoxy) is 2.